The van der Waals surface area contributed by atoms with Crippen LogP contribution in [0.3, 0.4) is 0 Å². The molecular weight excluding hydrogens is 450 g/mol. The number of esters is 2. The maximum absolute atomic E-state index is 13.0. The van der Waals surface area contributed by atoms with Gasteiger partial charge in [-0.25, -0.2) is 4.79 Å². The van der Waals surface area contributed by atoms with E-state index in [-0.39, 0.29) is 18.4 Å². The molecule has 0 amide bonds. The molecule has 1 saturated heterocycles. The van der Waals surface area contributed by atoms with Crippen LogP contribution in [0.1, 0.15) is 56.8 Å². The minimum absolute atomic E-state index is 0.234. The predicted octanol–water partition coefficient (Wildman–Crippen LogP) is 6.48. The van der Waals surface area contributed by atoms with Gasteiger partial charge in [0.15, 0.2) is 0 Å². The molecule has 0 N–H and O–H groups in total. The molecule has 192 valence electrons. The molecule has 1 aliphatic carbocycles. The normalized spacial score (nSPS) is 24.0. The van der Waals surface area contributed by atoms with Crippen LogP contribution in [0.15, 0.2) is 84.5 Å². The second-order valence-corrected chi connectivity index (χ2v) is 10.8. The molecule has 1 heterocycles. The molecule has 5 nitrogen and oxygen atoms in total. The number of hydrogen-bond acceptors (Lipinski definition) is 4. The maximum atomic E-state index is 13.0. The number of benzene rings is 1. The molecule has 1 unspecified atom stereocenters. The minimum atomic E-state index is -0.607. The second-order valence-electron chi connectivity index (χ2n) is 10.8. The van der Waals surface area contributed by atoms with Gasteiger partial charge in [-0.1, -0.05) is 36.5 Å². The summed E-state index contributed by atoms with van der Waals surface area (Å²) >= 11 is 0. The zero-order chi connectivity index (χ0) is 26.5. The van der Waals surface area contributed by atoms with Gasteiger partial charge in [-0.15, -0.1) is 0 Å². The van der Waals surface area contributed by atoms with E-state index in [0.29, 0.717) is 16.5 Å². The Morgan fingerprint density at radius 2 is 1.92 bits per heavy atom. The van der Waals surface area contributed by atoms with Crippen molar-refractivity contribution >= 4 is 17.6 Å². The third-order valence-corrected chi connectivity index (χ3v) is 7.15. The summed E-state index contributed by atoms with van der Waals surface area (Å²) in [5, 5.41) is 0. The average molecular weight is 491 g/mol. The first-order valence-electron chi connectivity index (χ1n) is 12.6. The summed E-state index contributed by atoms with van der Waals surface area (Å²) < 4.78 is 12.3. The van der Waals surface area contributed by atoms with Crippen molar-refractivity contribution in [3.8, 4) is 0 Å². The molecule has 1 aromatic rings. The van der Waals surface area contributed by atoms with Crippen molar-refractivity contribution in [3.63, 3.8) is 0 Å². The summed E-state index contributed by atoms with van der Waals surface area (Å²) in [7, 11) is 4.18. The highest BCUT2D eigenvalue weighted by Crippen LogP contribution is 2.49. The van der Waals surface area contributed by atoms with Gasteiger partial charge >= 0.3 is 11.9 Å². The van der Waals surface area contributed by atoms with E-state index in [2.05, 4.69) is 60.2 Å². The average Bonchev–Trinajstić information content (AvgIpc) is 3.11. The van der Waals surface area contributed by atoms with E-state index in [4.69, 9.17) is 9.47 Å². The van der Waals surface area contributed by atoms with E-state index in [1.165, 1.54) is 11.1 Å². The number of nitrogens with zero attached hydrogens (tertiary/aromatic N) is 1. The minimum Gasteiger partial charge on any atom is -0.457 e. The van der Waals surface area contributed by atoms with E-state index in [1.54, 1.807) is 12.1 Å². The summed E-state index contributed by atoms with van der Waals surface area (Å²) in [6.45, 7) is 15.1. The standard InChI is InChI=1S/C31H40NO4/c1-8-18-32(6,7)26-15-13-25(14-16-26)30(34)35-27-17-12-24(5)31(20-27)21-29(33)36-28(31)19-23(4)11-9-10-22(2)3/h8,10,12-17,19,27-28H,1,5,9,11,18,20-21H2,2-4,6-7H3/q+1/b23-19+/t27-,28-,31?/m1/s1. The van der Waals surface area contributed by atoms with Crippen molar-refractivity contribution in [1.82, 2.24) is 4.48 Å². The van der Waals surface area contributed by atoms with Crippen LogP contribution in [0.25, 0.3) is 0 Å². The smallest absolute Gasteiger partial charge is 0.338 e. The van der Waals surface area contributed by atoms with Crippen LogP contribution in [-0.2, 0) is 14.3 Å². The highest BCUT2D eigenvalue weighted by atomic mass is 16.6. The number of likely N-dealkylation sites (N-methyl/N-ethyl adjacent to an activating group) is 1. The van der Waals surface area contributed by atoms with E-state index in [9.17, 15) is 9.59 Å². The SMILES string of the molecule is C=CC[N+](C)(C)c1ccc(C(=O)O[C@@H]2C=CC(=C)C3(CC(=O)O[C@@H]3/C=C(\C)CCC=C(C)C)C2)cc1. The van der Waals surface area contributed by atoms with Gasteiger partial charge in [-0.3, -0.25) is 9.28 Å². The highest BCUT2D eigenvalue weighted by Gasteiger charge is 2.52. The first-order chi connectivity index (χ1) is 17.0. The summed E-state index contributed by atoms with van der Waals surface area (Å²) in [4.78, 5) is 25.4. The number of allylic oxidation sites excluding steroid dienone is 4. The second kappa shape index (κ2) is 11.3. The lowest BCUT2D eigenvalue weighted by molar-refractivity contribution is -0.140. The lowest BCUT2D eigenvalue weighted by atomic mass is 9.68. The summed E-state index contributed by atoms with van der Waals surface area (Å²) in [6, 6.07) is 7.49. The fourth-order valence-corrected chi connectivity index (χ4v) is 4.93. The van der Waals surface area contributed by atoms with Crippen molar-refractivity contribution in [2.75, 3.05) is 20.6 Å². The van der Waals surface area contributed by atoms with Crippen molar-refractivity contribution in [1.29, 1.82) is 0 Å². The molecule has 5 heteroatoms. The zero-order valence-electron chi connectivity index (χ0n) is 22.4. The Morgan fingerprint density at radius 1 is 1.22 bits per heavy atom. The predicted molar refractivity (Wildman–Crippen MR) is 147 cm³/mol. The molecule has 0 bridgehead atoms. The van der Waals surface area contributed by atoms with Crippen LogP contribution < -0.4 is 4.48 Å². The van der Waals surface area contributed by atoms with Crippen LogP contribution in [0.2, 0.25) is 0 Å². The van der Waals surface area contributed by atoms with Gasteiger partial charge < -0.3 is 9.47 Å². The van der Waals surface area contributed by atoms with Gasteiger partial charge in [0, 0.05) is 11.8 Å². The largest absolute Gasteiger partial charge is 0.457 e. The Morgan fingerprint density at radius 3 is 2.56 bits per heavy atom. The van der Waals surface area contributed by atoms with Crippen molar-refractivity contribution in [2.24, 2.45) is 5.41 Å². The number of cyclic esters (lactones) is 1. The number of ether oxygens (including phenoxy) is 2. The van der Waals surface area contributed by atoms with Crippen LogP contribution in [0, 0.1) is 5.41 Å². The molecule has 36 heavy (non-hydrogen) atoms. The lowest BCUT2D eigenvalue weighted by Gasteiger charge is -2.37. The molecule has 3 rings (SSSR count). The van der Waals surface area contributed by atoms with Gasteiger partial charge in [0.05, 0.1) is 26.1 Å². The molecule has 0 radical (unpaired) electrons. The Bertz CT molecular complexity index is 1100. The quantitative estimate of drug-likeness (QED) is 0.226. The van der Waals surface area contributed by atoms with Gasteiger partial charge in [0.25, 0.3) is 0 Å². The summed E-state index contributed by atoms with van der Waals surface area (Å²) in [5.74, 6) is -0.631. The maximum Gasteiger partial charge on any atom is 0.338 e. The Hall–Kier alpha value is -3.18. The summed E-state index contributed by atoms with van der Waals surface area (Å²) in [6.07, 6.45) is 11.5. The Balaban J connectivity index is 1.74. The third kappa shape index (κ3) is 6.33. The molecule has 2 aliphatic rings. The molecule has 1 aromatic carbocycles. The molecular formula is C31H40NO4+. The van der Waals surface area contributed by atoms with Crippen LogP contribution >= 0.6 is 0 Å². The number of rotatable bonds is 9. The molecule has 1 fully saturated rings. The van der Waals surface area contributed by atoms with Gasteiger partial charge in [-0.2, -0.15) is 0 Å². The van der Waals surface area contributed by atoms with Crippen molar-refractivity contribution in [2.45, 2.75) is 58.7 Å². The van der Waals surface area contributed by atoms with Crippen molar-refractivity contribution in [3.05, 3.63) is 90.1 Å². The van der Waals surface area contributed by atoms with E-state index < -0.39 is 17.6 Å². The number of carbonyl (C=O) groups excluding carboxylic acids is 2. The molecule has 3 atom stereocenters. The summed E-state index contributed by atoms with van der Waals surface area (Å²) in [5.41, 5.74) is 4.26. The van der Waals surface area contributed by atoms with Gasteiger partial charge in [0.2, 0.25) is 0 Å². The number of carbonyl (C=O) groups is 2. The molecule has 0 aromatic heterocycles. The molecule has 0 saturated carbocycles. The van der Waals surface area contributed by atoms with Crippen LogP contribution in [-0.4, -0.2) is 44.8 Å². The zero-order valence-corrected chi connectivity index (χ0v) is 22.4. The lowest BCUT2D eigenvalue weighted by Crippen LogP contribution is -2.40. The fourth-order valence-electron chi connectivity index (χ4n) is 4.93. The van der Waals surface area contributed by atoms with E-state index in [1.807, 2.05) is 30.4 Å². The van der Waals surface area contributed by atoms with Crippen LogP contribution in [0.4, 0.5) is 5.69 Å². The van der Waals surface area contributed by atoms with Gasteiger partial charge in [-0.05, 0) is 81.7 Å². The highest BCUT2D eigenvalue weighted by molar-refractivity contribution is 5.90. The Labute approximate surface area is 216 Å². The van der Waals surface area contributed by atoms with Gasteiger partial charge in [0.1, 0.15) is 24.4 Å². The first-order valence-corrected chi connectivity index (χ1v) is 12.6. The van der Waals surface area contributed by atoms with Crippen molar-refractivity contribution < 1.29 is 19.1 Å². The van der Waals surface area contributed by atoms with E-state index >= 15 is 0 Å². The fraction of sp³-hybridized carbons (Fsp3) is 0.419. The first kappa shape index (κ1) is 27.4. The molecule has 1 aliphatic heterocycles. The van der Waals surface area contributed by atoms with Crippen LogP contribution in [0.5, 0.6) is 0 Å². The monoisotopic (exact) mass is 490 g/mol. The third-order valence-electron chi connectivity index (χ3n) is 7.15. The van der Waals surface area contributed by atoms with E-state index in [0.717, 1.165) is 30.6 Å². The topological polar surface area (TPSA) is 52.6 Å². The Kier molecular flexibility index (Phi) is 8.57. The number of quaternary nitrogens is 1. The number of hydrogen-bond donors (Lipinski definition) is 0. The molecule has 1 spiro atoms.